The standard InChI is InChI=1S/C13H13ClFN3O/c1-16-9-5-18(6-9)13(19)11-3-7-2-8(14)4-10(15)12(7)17-11/h2-4,9,16-17H,5-6H2,1H3. The number of nitrogens with one attached hydrogen (secondary N) is 2. The van der Waals surface area contributed by atoms with Gasteiger partial charge in [-0.2, -0.15) is 0 Å². The molecule has 1 aliphatic heterocycles. The van der Waals surface area contributed by atoms with Gasteiger partial charge >= 0.3 is 0 Å². The average molecular weight is 282 g/mol. The van der Waals surface area contributed by atoms with Gasteiger partial charge in [0.2, 0.25) is 0 Å². The van der Waals surface area contributed by atoms with Gasteiger partial charge in [-0.25, -0.2) is 4.39 Å². The van der Waals surface area contributed by atoms with E-state index in [-0.39, 0.29) is 5.91 Å². The van der Waals surface area contributed by atoms with Crippen LogP contribution >= 0.6 is 11.6 Å². The number of benzene rings is 1. The Hall–Kier alpha value is -1.59. The quantitative estimate of drug-likeness (QED) is 0.885. The molecule has 2 N–H and O–H groups in total. The maximum absolute atomic E-state index is 13.7. The molecule has 4 nitrogen and oxygen atoms in total. The van der Waals surface area contributed by atoms with Gasteiger partial charge in [0.15, 0.2) is 0 Å². The molecule has 0 saturated carbocycles. The molecule has 0 aliphatic carbocycles. The van der Waals surface area contributed by atoms with Gasteiger partial charge in [0, 0.05) is 29.5 Å². The van der Waals surface area contributed by atoms with Crippen LogP contribution in [-0.4, -0.2) is 42.0 Å². The maximum atomic E-state index is 13.7. The van der Waals surface area contributed by atoms with Crippen LogP contribution in [0.15, 0.2) is 18.2 Å². The first kappa shape index (κ1) is 12.4. The minimum absolute atomic E-state index is 0.113. The second-order valence-corrected chi connectivity index (χ2v) is 5.17. The van der Waals surface area contributed by atoms with Crippen molar-refractivity contribution in [3.63, 3.8) is 0 Å². The highest BCUT2D eigenvalue weighted by Gasteiger charge is 2.30. The molecule has 0 unspecified atom stereocenters. The van der Waals surface area contributed by atoms with E-state index in [9.17, 15) is 9.18 Å². The summed E-state index contributed by atoms with van der Waals surface area (Å²) in [5.74, 6) is -0.559. The van der Waals surface area contributed by atoms with E-state index in [0.717, 1.165) is 0 Å². The van der Waals surface area contributed by atoms with Crippen LogP contribution < -0.4 is 5.32 Å². The normalized spacial score (nSPS) is 15.8. The number of H-pyrrole nitrogens is 1. The molecule has 1 aliphatic rings. The zero-order valence-electron chi connectivity index (χ0n) is 10.3. The van der Waals surface area contributed by atoms with Crippen LogP contribution in [0.2, 0.25) is 5.02 Å². The Labute approximate surface area is 114 Å². The molecular weight excluding hydrogens is 269 g/mol. The monoisotopic (exact) mass is 281 g/mol. The van der Waals surface area contributed by atoms with E-state index < -0.39 is 5.82 Å². The molecule has 2 heterocycles. The zero-order chi connectivity index (χ0) is 13.6. The predicted octanol–water partition coefficient (Wildman–Crippen LogP) is 2.00. The fourth-order valence-corrected chi connectivity index (χ4v) is 2.49. The number of fused-ring (bicyclic) bond motifs is 1. The summed E-state index contributed by atoms with van der Waals surface area (Å²) in [6, 6.07) is 4.86. The first-order valence-corrected chi connectivity index (χ1v) is 6.40. The number of aromatic nitrogens is 1. The molecule has 1 amide bonds. The van der Waals surface area contributed by atoms with Gasteiger partial charge in [-0.1, -0.05) is 11.6 Å². The molecule has 0 radical (unpaired) electrons. The van der Waals surface area contributed by atoms with Crippen molar-refractivity contribution in [1.82, 2.24) is 15.2 Å². The Bertz CT molecular complexity index is 649. The molecule has 100 valence electrons. The van der Waals surface area contributed by atoms with Crippen molar-refractivity contribution in [2.45, 2.75) is 6.04 Å². The first-order chi connectivity index (χ1) is 9.08. The number of hydrogen-bond donors (Lipinski definition) is 2. The summed E-state index contributed by atoms with van der Waals surface area (Å²) >= 11 is 5.79. The van der Waals surface area contributed by atoms with Crippen LogP contribution in [-0.2, 0) is 0 Å². The number of likely N-dealkylation sites (N-methyl/N-ethyl adjacent to an activating group) is 1. The van der Waals surface area contributed by atoms with Crippen LogP contribution in [0.3, 0.4) is 0 Å². The van der Waals surface area contributed by atoms with Crippen molar-refractivity contribution in [2.75, 3.05) is 20.1 Å². The molecule has 6 heteroatoms. The van der Waals surface area contributed by atoms with Crippen molar-refractivity contribution in [1.29, 1.82) is 0 Å². The van der Waals surface area contributed by atoms with Crippen molar-refractivity contribution in [2.24, 2.45) is 0 Å². The lowest BCUT2D eigenvalue weighted by Gasteiger charge is -2.38. The van der Waals surface area contributed by atoms with Crippen LogP contribution in [0.25, 0.3) is 10.9 Å². The van der Waals surface area contributed by atoms with Crippen molar-refractivity contribution >= 4 is 28.4 Å². The number of hydrogen-bond acceptors (Lipinski definition) is 2. The number of aromatic amines is 1. The van der Waals surface area contributed by atoms with Crippen LogP contribution in [0.5, 0.6) is 0 Å². The number of nitrogens with zero attached hydrogens (tertiary/aromatic N) is 1. The Kier molecular flexibility index (Phi) is 2.95. The van der Waals surface area contributed by atoms with Crippen LogP contribution in [0.4, 0.5) is 4.39 Å². The Morgan fingerprint density at radius 3 is 2.89 bits per heavy atom. The Morgan fingerprint density at radius 1 is 1.47 bits per heavy atom. The van der Waals surface area contributed by atoms with Crippen LogP contribution in [0.1, 0.15) is 10.5 Å². The van der Waals surface area contributed by atoms with Gasteiger partial charge in [-0.05, 0) is 25.2 Å². The van der Waals surface area contributed by atoms with Gasteiger partial charge in [-0.15, -0.1) is 0 Å². The summed E-state index contributed by atoms with van der Waals surface area (Å²) < 4.78 is 13.7. The zero-order valence-corrected chi connectivity index (χ0v) is 11.1. The molecule has 0 atom stereocenters. The minimum atomic E-state index is -0.446. The van der Waals surface area contributed by atoms with Gasteiger partial charge in [0.05, 0.1) is 5.52 Å². The van der Waals surface area contributed by atoms with E-state index in [1.165, 1.54) is 6.07 Å². The van der Waals surface area contributed by atoms with Crippen LogP contribution in [0, 0.1) is 5.82 Å². The Balaban J connectivity index is 1.90. The molecule has 19 heavy (non-hydrogen) atoms. The van der Waals surface area contributed by atoms with Crippen molar-refractivity contribution in [3.05, 3.63) is 34.7 Å². The van der Waals surface area contributed by atoms with E-state index in [0.29, 0.717) is 40.8 Å². The topological polar surface area (TPSA) is 48.1 Å². The van der Waals surface area contributed by atoms with Gasteiger partial charge in [0.1, 0.15) is 11.5 Å². The highest BCUT2D eigenvalue weighted by molar-refractivity contribution is 6.31. The average Bonchev–Trinajstić information content (AvgIpc) is 2.71. The fraction of sp³-hybridized carbons (Fsp3) is 0.308. The molecule has 0 spiro atoms. The Morgan fingerprint density at radius 2 is 2.21 bits per heavy atom. The molecule has 1 aromatic carbocycles. The molecule has 3 rings (SSSR count). The fourth-order valence-electron chi connectivity index (χ4n) is 2.28. The lowest BCUT2D eigenvalue weighted by Crippen LogP contribution is -2.58. The van der Waals surface area contributed by atoms with E-state index >= 15 is 0 Å². The number of carbonyl (C=O) groups is 1. The number of likely N-dealkylation sites (tertiary alicyclic amines) is 1. The molecule has 2 aromatic rings. The lowest BCUT2D eigenvalue weighted by molar-refractivity contribution is 0.0572. The second-order valence-electron chi connectivity index (χ2n) is 4.73. The third-order valence-corrected chi connectivity index (χ3v) is 3.67. The second kappa shape index (κ2) is 4.51. The number of carbonyl (C=O) groups excluding carboxylic acids is 1. The van der Waals surface area contributed by atoms with Gasteiger partial charge < -0.3 is 15.2 Å². The summed E-state index contributed by atoms with van der Waals surface area (Å²) in [6.07, 6.45) is 0. The van der Waals surface area contributed by atoms with Crippen molar-refractivity contribution in [3.8, 4) is 0 Å². The smallest absolute Gasteiger partial charge is 0.270 e. The molecular formula is C13H13ClFN3O. The minimum Gasteiger partial charge on any atom is -0.348 e. The third kappa shape index (κ3) is 2.09. The SMILES string of the molecule is CNC1CN(C(=O)c2cc3cc(Cl)cc(F)c3[nH]2)C1. The summed E-state index contributed by atoms with van der Waals surface area (Å²) in [7, 11) is 1.87. The summed E-state index contributed by atoms with van der Waals surface area (Å²) in [5, 5.41) is 4.03. The number of halogens is 2. The highest BCUT2D eigenvalue weighted by Crippen LogP contribution is 2.24. The molecule has 1 aromatic heterocycles. The van der Waals surface area contributed by atoms with E-state index in [4.69, 9.17) is 11.6 Å². The van der Waals surface area contributed by atoms with Gasteiger partial charge in [-0.3, -0.25) is 4.79 Å². The van der Waals surface area contributed by atoms with E-state index in [2.05, 4.69) is 10.3 Å². The van der Waals surface area contributed by atoms with Crippen molar-refractivity contribution < 1.29 is 9.18 Å². The summed E-state index contributed by atoms with van der Waals surface area (Å²) in [5.41, 5.74) is 0.712. The lowest BCUT2D eigenvalue weighted by atomic mass is 10.1. The summed E-state index contributed by atoms with van der Waals surface area (Å²) in [6.45, 7) is 1.35. The van der Waals surface area contributed by atoms with E-state index in [1.54, 1.807) is 17.0 Å². The molecule has 1 saturated heterocycles. The molecule has 1 fully saturated rings. The highest BCUT2D eigenvalue weighted by atomic mass is 35.5. The number of amides is 1. The summed E-state index contributed by atoms with van der Waals surface area (Å²) in [4.78, 5) is 16.7. The largest absolute Gasteiger partial charge is 0.348 e. The number of rotatable bonds is 2. The maximum Gasteiger partial charge on any atom is 0.270 e. The van der Waals surface area contributed by atoms with Gasteiger partial charge in [0.25, 0.3) is 5.91 Å². The third-order valence-electron chi connectivity index (χ3n) is 3.45. The molecule has 0 bridgehead atoms. The first-order valence-electron chi connectivity index (χ1n) is 6.03. The predicted molar refractivity (Wildman–Crippen MR) is 72.0 cm³/mol. The van der Waals surface area contributed by atoms with E-state index in [1.807, 2.05) is 7.05 Å².